The molecule has 14 rings (SSSR count). The predicted molar refractivity (Wildman–Crippen MR) is 256 cm³/mol. The molecule has 0 fully saturated rings. The highest BCUT2D eigenvalue weighted by Crippen LogP contribution is 2.50. The zero-order valence-corrected chi connectivity index (χ0v) is 33.2. The van der Waals surface area contributed by atoms with E-state index < -0.39 is 0 Å². The minimum absolute atomic E-state index is 0.568. The Morgan fingerprint density at radius 1 is 0.323 bits per heavy atom. The summed E-state index contributed by atoms with van der Waals surface area (Å²) in [5.74, 6) is 1.77. The monoisotopic (exact) mass is 788 g/mol. The van der Waals surface area contributed by atoms with Gasteiger partial charge in [0.25, 0.3) is 0 Å². The molecule has 11 aromatic carbocycles. The van der Waals surface area contributed by atoms with Gasteiger partial charge < -0.3 is 8.98 Å². The van der Waals surface area contributed by atoms with Gasteiger partial charge in [-0.25, -0.2) is 15.0 Å². The third kappa shape index (κ3) is 4.59. The highest BCUT2D eigenvalue weighted by atomic mass is 16.3. The number of aromatic nitrogens is 4. The second kappa shape index (κ2) is 12.6. The van der Waals surface area contributed by atoms with Crippen LogP contribution < -0.4 is 0 Å². The van der Waals surface area contributed by atoms with E-state index in [-0.39, 0.29) is 0 Å². The Morgan fingerprint density at radius 2 is 0.758 bits per heavy atom. The lowest BCUT2D eigenvalue weighted by Crippen LogP contribution is -2.04. The molecule has 0 aliphatic heterocycles. The molecule has 0 unspecified atom stereocenters. The number of nitrogens with zero attached hydrogens (tertiary/aromatic N) is 4. The fourth-order valence-electron chi connectivity index (χ4n) is 10.3. The van der Waals surface area contributed by atoms with Crippen LogP contribution in [0.4, 0.5) is 0 Å². The molecule has 5 nitrogen and oxygen atoms in total. The van der Waals surface area contributed by atoms with Gasteiger partial charge in [-0.3, -0.25) is 0 Å². The number of hydrogen-bond donors (Lipinski definition) is 0. The third-order valence-electron chi connectivity index (χ3n) is 13.0. The van der Waals surface area contributed by atoms with Gasteiger partial charge in [-0.05, 0) is 78.5 Å². The maximum absolute atomic E-state index is 7.23. The Labute approximate surface area is 354 Å². The van der Waals surface area contributed by atoms with Crippen LogP contribution in [0.3, 0.4) is 0 Å². The van der Waals surface area contributed by atoms with Gasteiger partial charge >= 0.3 is 0 Å². The topological polar surface area (TPSA) is 56.7 Å². The van der Waals surface area contributed by atoms with Crippen molar-refractivity contribution >= 4 is 86.8 Å². The first-order chi connectivity index (χ1) is 30.8. The van der Waals surface area contributed by atoms with Crippen molar-refractivity contribution in [2.75, 3.05) is 0 Å². The highest BCUT2D eigenvalue weighted by molar-refractivity contribution is 6.37. The van der Waals surface area contributed by atoms with E-state index in [0.717, 1.165) is 77.2 Å². The smallest absolute Gasteiger partial charge is 0.166 e. The summed E-state index contributed by atoms with van der Waals surface area (Å²) in [6, 6.07) is 68.8. The molecular weight excluding hydrogens is 757 g/mol. The van der Waals surface area contributed by atoms with Crippen molar-refractivity contribution in [3.63, 3.8) is 0 Å². The number of furan rings is 1. The molecule has 0 aliphatic rings. The first-order valence-corrected chi connectivity index (χ1v) is 21.0. The Morgan fingerprint density at radius 3 is 1.35 bits per heavy atom. The third-order valence-corrected chi connectivity index (χ3v) is 13.0. The van der Waals surface area contributed by atoms with Gasteiger partial charge in [-0.2, -0.15) is 0 Å². The minimum atomic E-state index is 0.568. The second-order valence-electron chi connectivity index (χ2n) is 16.2. The number of hydrogen-bond acceptors (Lipinski definition) is 4. The van der Waals surface area contributed by atoms with E-state index in [9.17, 15) is 0 Å². The molecule has 14 aromatic rings. The summed E-state index contributed by atoms with van der Waals surface area (Å²) < 4.78 is 9.65. The van der Waals surface area contributed by atoms with Crippen molar-refractivity contribution in [1.29, 1.82) is 0 Å². The molecule has 0 bridgehead atoms. The number of benzene rings is 11. The highest BCUT2D eigenvalue weighted by Gasteiger charge is 2.29. The molecule has 0 saturated heterocycles. The SMILES string of the molecule is c1ccc(-c2ccc(-c3nc(-c4ccccc4)nc(-c4cc5c6ccccc6c6cccc7oc(c4-n4c8cccc9c%10ccccc%10c%10cccc4c%10c98)c5c76)n3)cc2)cc1. The van der Waals surface area contributed by atoms with Crippen LogP contribution in [-0.2, 0) is 0 Å². The molecule has 3 aromatic heterocycles. The summed E-state index contributed by atoms with van der Waals surface area (Å²) >= 11 is 0. The zero-order valence-electron chi connectivity index (χ0n) is 33.2. The Balaban J connectivity index is 1.15. The lowest BCUT2D eigenvalue weighted by molar-refractivity contribution is 0.667. The Kier molecular flexibility index (Phi) is 6.77. The molecule has 0 amide bonds. The van der Waals surface area contributed by atoms with Gasteiger partial charge in [0.1, 0.15) is 11.3 Å². The van der Waals surface area contributed by atoms with Crippen molar-refractivity contribution in [2.45, 2.75) is 0 Å². The summed E-state index contributed by atoms with van der Waals surface area (Å²) in [6.07, 6.45) is 0. The molecule has 0 atom stereocenters. The maximum atomic E-state index is 7.23. The summed E-state index contributed by atoms with van der Waals surface area (Å²) in [4.78, 5) is 16.0. The van der Waals surface area contributed by atoms with Gasteiger partial charge in [-0.1, -0.05) is 170 Å². The summed E-state index contributed by atoms with van der Waals surface area (Å²) in [7, 11) is 0. The average Bonchev–Trinajstić information content (AvgIpc) is 3.91. The quantitative estimate of drug-likeness (QED) is 0.163. The van der Waals surface area contributed by atoms with E-state index in [4.69, 9.17) is 19.4 Å². The molecule has 0 saturated carbocycles. The largest absolute Gasteiger partial charge is 0.454 e. The molecule has 0 radical (unpaired) electrons. The van der Waals surface area contributed by atoms with E-state index in [1.54, 1.807) is 0 Å². The van der Waals surface area contributed by atoms with Crippen molar-refractivity contribution < 1.29 is 4.42 Å². The van der Waals surface area contributed by atoms with Crippen molar-refractivity contribution in [3.8, 4) is 51.0 Å². The van der Waals surface area contributed by atoms with Crippen molar-refractivity contribution in [3.05, 3.63) is 194 Å². The first-order valence-electron chi connectivity index (χ1n) is 21.0. The Bertz CT molecular complexity index is 3990. The maximum Gasteiger partial charge on any atom is 0.166 e. The lowest BCUT2D eigenvalue weighted by atomic mass is 9.92. The van der Waals surface area contributed by atoms with E-state index in [0.29, 0.717) is 17.5 Å². The van der Waals surface area contributed by atoms with E-state index >= 15 is 0 Å². The van der Waals surface area contributed by atoms with E-state index in [1.807, 2.05) is 24.3 Å². The van der Waals surface area contributed by atoms with Crippen LogP contribution in [0.2, 0.25) is 0 Å². The van der Waals surface area contributed by atoms with Crippen LogP contribution in [0.25, 0.3) is 138 Å². The number of rotatable bonds is 5. The Hall–Kier alpha value is -8.41. The standard InChI is InChI=1S/C57H32N4O/c1-3-14-33(15-4-1)34-28-30-36(31-29-34)56-58-55(35-16-5-2-6-17-35)59-57(60-56)45-32-44-40-21-10-9-20-39(40)43-24-13-27-48-51(43)52(44)54(62-48)53(45)61-46-25-11-22-41-37-18-7-8-19-38(37)42-23-12-26-47(61)50(42)49(41)46/h1-32H. The zero-order chi connectivity index (χ0) is 40.5. The molecule has 0 N–H and O–H groups in total. The molecule has 62 heavy (non-hydrogen) atoms. The molecule has 3 heterocycles. The molecular formula is C57H32N4O. The lowest BCUT2D eigenvalue weighted by Gasteiger charge is -2.17. The second-order valence-corrected chi connectivity index (χ2v) is 16.2. The summed E-state index contributed by atoms with van der Waals surface area (Å²) in [5.41, 5.74) is 9.72. The first kappa shape index (κ1) is 33.4. The summed E-state index contributed by atoms with van der Waals surface area (Å²) in [6.45, 7) is 0. The molecule has 0 aliphatic carbocycles. The van der Waals surface area contributed by atoms with Crippen LogP contribution in [-0.4, -0.2) is 19.5 Å². The van der Waals surface area contributed by atoms with Gasteiger partial charge in [0, 0.05) is 38.2 Å². The van der Waals surface area contributed by atoms with Crippen LogP contribution in [0.1, 0.15) is 0 Å². The fourth-order valence-corrected chi connectivity index (χ4v) is 10.3. The normalized spacial score (nSPS) is 12.2. The van der Waals surface area contributed by atoms with Gasteiger partial charge in [0.2, 0.25) is 0 Å². The van der Waals surface area contributed by atoms with Gasteiger partial charge in [-0.15, -0.1) is 0 Å². The summed E-state index contributed by atoms with van der Waals surface area (Å²) in [5, 5.41) is 14.2. The van der Waals surface area contributed by atoms with Crippen LogP contribution >= 0.6 is 0 Å². The average molecular weight is 789 g/mol. The minimum Gasteiger partial charge on any atom is -0.454 e. The molecule has 5 heteroatoms. The van der Waals surface area contributed by atoms with Crippen LogP contribution in [0, 0.1) is 0 Å². The molecule has 286 valence electrons. The fraction of sp³-hybridized carbons (Fsp3) is 0. The van der Waals surface area contributed by atoms with E-state index in [2.05, 4.69) is 174 Å². The number of fused-ring (bicyclic) bond motifs is 6. The van der Waals surface area contributed by atoms with Crippen molar-refractivity contribution in [1.82, 2.24) is 19.5 Å². The molecule has 0 spiro atoms. The van der Waals surface area contributed by atoms with Crippen molar-refractivity contribution in [2.24, 2.45) is 0 Å². The van der Waals surface area contributed by atoms with Crippen LogP contribution in [0.5, 0.6) is 0 Å². The van der Waals surface area contributed by atoms with E-state index in [1.165, 1.54) is 43.1 Å². The predicted octanol–water partition coefficient (Wildman–Crippen LogP) is 15.0. The van der Waals surface area contributed by atoms with Crippen LogP contribution in [0.15, 0.2) is 199 Å². The van der Waals surface area contributed by atoms with Gasteiger partial charge in [0.05, 0.1) is 11.0 Å². The van der Waals surface area contributed by atoms with Gasteiger partial charge in [0.15, 0.2) is 23.1 Å².